The van der Waals surface area contributed by atoms with Gasteiger partial charge in [-0.15, -0.1) is 0 Å². The Morgan fingerprint density at radius 3 is 1.13 bits per heavy atom. The number of aromatic hydroxyl groups is 2. The number of phenols is 2. The highest BCUT2D eigenvalue weighted by molar-refractivity contribution is 6.32. The molecule has 0 aliphatic heterocycles. The van der Waals surface area contributed by atoms with E-state index in [2.05, 4.69) is 0 Å². The number of carbonyl (C=O) groups is 2. The lowest BCUT2D eigenvalue weighted by atomic mass is 9.78. The fourth-order valence-electron chi connectivity index (χ4n) is 4.00. The molecule has 0 spiro atoms. The number of fused-ring (bicyclic) bond motifs is 2. The van der Waals surface area contributed by atoms with Crippen LogP contribution in [0.4, 0.5) is 0 Å². The van der Waals surface area contributed by atoms with Gasteiger partial charge in [-0.1, -0.05) is 60.7 Å². The van der Waals surface area contributed by atoms with Crippen LogP contribution in [-0.4, -0.2) is 21.8 Å². The molecule has 4 nitrogen and oxygen atoms in total. The number of phenolic OH excluding ortho intramolecular Hbond substituents is 2. The minimum atomic E-state index is -0.205. The van der Waals surface area contributed by atoms with Crippen molar-refractivity contribution >= 4 is 11.6 Å². The van der Waals surface area contributed by atoms with E-state index in [1.54, 1.807) is 72.8 Å². The fourth-order valence-corrected chi connectivity index (χ4v) is 4.00. The van der Waals surface area contributed by atoms with Crippen molar-refractivity contribution in [2.75, 3.05) is 0 Å². The summed E-state index contributed by atoms with van der Waals surface area (Å²) in [5.41, 5.74) is 4.31. The van der Waals surface area contributed by atoms with Crippen molar-refractivity contribution in [3.05, 3.63) is 107 Å². The van der Waals surface area contributed by atoms with Crippen molar-refractivity contribution in [3.8, 4) is 33.8 Å². The van der Waals surface area contributed by atoms with Crippen LogP contribution in [0.2, 0.25) is 0 Å². The first-order valence-corrected chi connectivity index (χ1v) is 9.49. The van der Waals surface area contributed by atoms with E-state index >= 15 is 0 Å². The third kappa shape index (κ3) is 2.70. The standard InChI is InChI=1S/C26H16O4/c27-17-11-7-15(8-12-17)19-3-1-5-21-23(19)26(30)22-6-2-4-20(24(22)25(21)29)16-9-13-18(28)14-10-16/h1-14,27-28H. The Morgan fingerprint density at radius 2 is 0.767 bits per heavy atom. The molecule has 0 fully saturated rings. The summed E-state index contributed by atoms with van der Waals surface area (Å²) >= 11 is 0. The topological polar surface area (TPSA) is 74.6 Å². The second-order valence-electron chi connectivity index (χ2n) is 7.21. The summed E-state index contributed by atoms with van der Waals surface area (Å²) in [6.45, 7) is 0. The van der Waals surface area contributed by atoms with Gasteiger partial charge in [-0.2, -0.15) is 0 Å². The Balaban J connectivity index is 1.73. The van der Waals surface area contributed by atoms with Crippen molar-refractivity contribution in [2.24, 2.45) is 0 Å². The van der Waals surface area contributed by atoms with Gasteiger partial charge < -0.3 is 10.2 Å². The number of hydrogen-bond acceptors (Lipinski definition) is 4. The predicted octanol–water partition coefficient (Wildman–Crippen LogP) is 5.21. The highest BCUT2D eigenvalue weighted by Gasteiger charge is 2.33. The first kappa shape index (κ1) is 17.9. The lowest BCUT2D eigenvalue weighted by Gasteiger charge is -2.22. The smallest absolute Gasteiger partial charge is 0.195 e. The fraction of sp³-hybridized carbons (Fsp3) is 0. The van der Waals surface area contributed by atoms with Gasteiger partial charge in [0.05, 0.1) is 0 Å². The molecule has 0 amide bonds. The predicted molar refractivity (Wildman–Crippen MR) is 114 cm³/mol. The molecule has 0 bridgehead atoms. The molecule has 4 aromatic rings. The maximum atomic E-state index is 13.5. The average Bonchev–Trinajstić information content (AvgIpc) is 2.77. The molecule has 4 aromatic carbocycles. The van der Waals surface area contributed by atoms with E-state index in [1.807, 2.05) is 12.1 Å². The van der Waals surface area contributed by atoms with Crippen LogP contribution in [-0.2, 0) is 0 Å². The highest BCUT2D eigenvalue weighted by atomic mass is 16.3. The molecule has 0 saturated heterocycles. The number of benzene rings is 4. The molecule has 0 aromatic heterocycles. The Kier molecular flexibility index (Phi) is 4.00. The van der Waals surface area contributed by atoms with Crippen LogP contribution < -0.4 is 0 Å². The molecule has 144 valence electrons. The summed E-state index contributed by atoms with van der Waals surface area (Å²) < 4.78 is 0. The Morgan fingerprint density at radius 1 is 0.433 bits per heavy atom. The van der Waals surface area contributed by atoms with Crippen molar-refractivity contribution < 1.29 is 19.8 Å². The van der Waals surface area contributed by atoms with Crippen LogP contribution in [0.15, 0.2) is 84.9 Å². The normalized spacial score (nSPS) is 12.4. The number of rotatable bonds is 2. The van der Waals surface area contributed by atoms with Crippen LogP contribution in [0.1, 0.15) is 31.8 Å². The minimum Gasteiger partial charge on any atom is -0.508 e. The second-order valence-corrected chi connectivity index (χ2v) is 7.21. The summed E-state index contributed by atoms with van der Waals surface area (Å²) in [6, 6.07) is 23.6. The molecular formula is C26H16O4. The van der Waals surface area contributed by atoms with Crippen molar-refractivity contribution in [1.82, 2.24) is 0 Å². The second kappa shape index (κ2) is 6.71. The third-order valence-electron chi connectivity index (χ3n) is 5.43. The van der Waals surface area contributed by atoms with Crippen molar-refractivity contribution in [2.45, 2.75) is 0 Å². The molecule has 0 heterocycles. The van der Waals surface area contributed by atoms with Gasteiger partial charge in [0, 0.05) is 22.3 Å². The van der Waals surface area contributed by atoms with E-state index in [0.29, 0.717) is 33.4 Å². The molecule has 0 saturated carbocycles. The Labute approximate surface area is 172 Å². The maximum Gasteiger partial charge on any atom is 0.195 e. The van der Waals surface area contributed by atoms with Crippen molar-refractivity contribution in [3.63, 3.8) is 0 Å². The third-order valence-corrected chi connectivity index (χ3v) is 5.43. The molecule has 0 atom stereocenters. The van der Waals surface area contributed by atoms with Crippen LogP contribution in [0.5, 0.6) is 11.5 Å². The molecule has 0 unspecified atom stereocenters. The quantitative estimate of drug-likeness (QED) is 0.433. The summed E-state index contributed by atoms with van der Waals surface area (Å²) in [6.07, 6.45) is 0. The van der Waals surface area contributed by atoms with E-state index in [4.69, 9.17) is 0 Å². The first-order valence-electron chi connectivity index (χ1n) is 9.49. The lowest BCUT2D eigenvalue weighted by Crippen LogP contribution is -2.22. The average molecular weight is 392 g/mol. The molecule has 4 heteroatoms. The zero-order valence-corrected chi connectivity index (χ0v) is 15.8. The van der Waals surface area contributed by atoms with Gasteiger partial charge in [-0.05, 0) is 46.5 Å². The van der Waals surface area contributed by atoms with E-state index in [9.17, 15) is 19.8 Å². The van der Waals surface area contributed by atoms with E-state index in [1.165, 1.54) is 0 Å². The summed E-state index contributed by atoms with van der Waals surface area (Å²) in [5.74, 6) is -0.141. The highest BCUT2D eigenvalue weighted by Crippen LogP contribution is 2.38. The van der Waals surface area contributed by atoms with Crippen LogP contribution in [0, 0.1) is 0 Å². The molecular weight excluding hydrogens is 376 g/mol. The van der Waals surface area contributed by atoms with Gasteiger partial charge in [-0.3, -0.25) is 9.59 Å². The molecule has 5 rings (SSSR count). The Hall–Kier alpha value is -4.18. The zero-order chi connectivity index (χ0) is 20.8. The Bertz CT molecular complexity index is 1210. The van der Waals surface area contributed by atoms with Gasteiger partial charge >= 0.3 is 0 Å². The monoisotopic (exact) mass is 392 g/mol. The number of carbonyl (C=O) groups excluding carboxylic acids is 2. The molecule has 0 radical (unpaired) electrons. The maximum absolute atomic E-state index is 13.5. The lowest BCUT2D eigenvalue weighted by molar-refractivity contribution is 0.0980. The van der Waals surface area contributed by atoms with Crippen LogP contribution in [0.3, 0.4) is 0 Å². The van der Waals surface area contributed by atoms with Gasteiger partial charge in [0.25, 0.3) is 0 Å². The van der Waals surface area contributed by atoms with Gasteiger partial charge in [0.1, 0.15) is 11.5 Å². The van der Waals surface area contributed by atoms with E-state index in [-0.39, 0.29) is 23.1 Å². The zero-order valence-electron chi connectivity index (χ0n) is 15.8. The summed E-state index contributed by atoms with van der Waals surface area (Å²) in [4.78, 5) is 27.0. The first-order chi connectivity index (χ1) is 14.5. The van der Waals surface area contributed by atoms with Gasteiger partial charge in [0.2, 0.25) is 0 Å². The summed E-state index contributed by atoms with van der Waals surface area (Å²) in [5, 5.41) is 19.2. The summed E-state index contributed by atoms with van der Waals surface area (Å²) in [7, 11) is 0. The van der Waals surface area contributed by atoms with Gasteiger partial charge in [-0.25, -0.2) is 0 Å². The largest absolute Gasteiger partial charge is 0.508 e. The van der Waals surface area contributed by atoms with Crippen molar-refractivity contribution in [1.29, 1.82) is 0 Å². The van der Waals surface area contributed by atoms with Gasteiger partial charge in [0.15, 0.2) is 11.6 Å². The van der Waals surface area contributed by atoms with E-state index in [0.717, 1.165) is 11.1 Å². The SMILES string of the molecule is O=C1c2cccc(-c3ccc(O)cc3)c2C(=O)c2cccc(-c3ccc(O)cc3)c21. The number of hydrogen-bond donors (Lipinski definition) is 2. The van der Waals surface area contributed by atoms with E-state index < -0.39 is 0 Å². The number of ketones is 2. The van der Waals surface area contributed by atoms with Crippen LogP contribution >= 0.6 is 0 Å². The molecule has 1 aliphatic carbocycles. The minimum absolute atomic E-state index is 0.134. The molecule has 1 aliphatic rings. The molecule has 2 N–H and O–H groups in total. The molecule has 30 heavy (non-hydrogen) atoms. The van der Waals surface area contributed by atoms with Crippen LogP contribution in [0.25, 0.3) is 22.3 Å².